The number of amides is 1. The number of rotatable bonds is 6. The number of hydrogen-bond donors (Lipinski definition) is 0. The molecule has 0 saturated carbocycles. The van der Waals surface area contributed by atoms with Gasteiger partial charge in [0.05, 0.1) is 19.2 Å². The Labute approximate surface area is 130 Å². The van der Waals surface area contributed by atoms with E-state index in [9.17, 15) is 4.79 Å². The molecule has 1 heterocycles. The molecule has 5 nitrogen and oxygen atoms in total. The molecule has 0 fully saturated rings. The van der Waals surface area contributed by atoms with Gasteiger partial charge in [-0.1, -0.05) is 18.2 Å². The topological polar surface area (TPSA) is 51.7 Å². The summed E-state index contributed by atoms with van der Waals surface area (Å²) < 4.78 is 10.7. The monoisotopic (exact) mass is 300 g/mol. The summed E-state index contributed by atoms with van der Waals surface area (Å²) in [4.78, 5) is 17.9. The van der Waals surface area contributed by atoms with Gasteiger partial charge in [0.2, 0.25) is 5.88 Å². The Balaban J connectivity index is 1.87. The number of nitrogens with zero attached hydrogens (tertiary/aromatic N) is 2. The molecule has 22 heavy (non-hydrogen) atoms. The molecule has 0 aliphatic rings. The summed E-state index contributed by atoms with van der Waals surface area (Å²) in [5, 5.41) is 0. The predicted molar refractivity (Wildman–Crippen MR) is 84.4 cm³/mol. The van der Waals surface area contributed by atoms with E-state index in [2.05, 4.69) is 4.98 Å². The number of aromatic nitrogens is 1. The Bertz CT molecular complexity index is 626. The van der Waals surface area contributed by atoms with Crippen molar-refractivity contribution in [3.05, 3.63) is 53.7 Å². The molecule has 0 atom stereocenters. The molecule has 0 spiro atoms. The zero-order valence-corrected chi connectivity index (χ0v) is 13.1. The molecule has 1 amide bonds. The highest BCUT2D eigenvalue weighted by molar-refractivity contribution is 5.93. The molecular weight excluding hydrogens is 280 g/mol. The molecule has 0 bridgehead atoms. The van der Waals surface area contributed by atoms with E-state index in [4.69, 9.17) is 9.47 Å². The van der Waals surface area contributed by atoms with Gasteiger partial charge in [-0.3, -0.25) is 4.79 Å². The normalized spacial score (nSPS) is 10.1. The molecule has 0 radical (unpaired) electrons. The lowest BCUT2D eigenvalue weighted by molar-refractivity contribution is 0.0773. The van der Waals surface area contributed by atoms with E-state index in [1.54, 1.807) is 31.2 Å². The van der Waals surface area contributed by atoms with Crippen LogP contribution in [0.25, 0.3) is 0 Å². The van der Waals surface area contributed by atoms with E-state index in [1.807, 2.05) is 31.2 Å². The fourth-order valence-electron chi connectivity index (χ4n) is 1.96. The number of pyridine rings is 1. The minimum atomic E-state index is -0.0939. The van der Waals surface area contributed by atoms with Gasteiger partial charge in [-0.15, -0.1) is 0 Å². The van der Waals surface area contributed by atoms with E-state index in [-0.39, 0.29) is 5.91 Å². The van der Waals surface area contributed by atoms with Crippen LogP contribution in [0.2, 0.25) is 0 Å². The van der Waals surface area contributed by atoms with Gasteiger partial charge < -0.3 is 14.4 Å². The van der Waals surface area contributed by atoms with Gasteiger partial charge in [0.15, 0.2) is 0 Å². The molecule has 5 heteroatoms. The number of aryl methyl sites for hydroxylation is 1. The van der Waals surface area contributed by atoms with Gasteiger partial charge in [0.25, 0.3) is 5.91 Å². The first-order valence-corrected chi connectivity index (χ1v) is 7.05. The number of methoxy groups -OCH3 is 1. The highest BCUT2D eigenvalue weighted by Crippen LogP contribution is 2.16. The standard InChI is InChI=1S/C17H20N2O3/c1-13-6-4-5-7-15(13)22-11-10-19(2)17(20)14-8-9-16(21-3)18-12-14/h4-9,12H,10-11H2,1-3H3. The molecule has 2 aromatic rings. The summed E-state index contributed by atoms with van der Waals surface area (Å²) in [6, 6.07) is 11.2. The number of ether oxygens (including phenoxy) is 2. The molecule has 2 rings (SSSR count). The van der Waals surface area contributed by atoms with Crippen LogP contribution < -0.4 is 9.47 Å². The Morgan fingerprint density at radius 2 is 2.00 bits per heavy atom. The van der Waals surface area contributed by atoms with Crippen molar-refractivity contribution in [1.29, 1.82) is 0 Å². The van der Waals surface area contributed by atoms with Crippen molar-refractivity contribution < 1.29 is 14.3 Å². The van der Waals surface area contributed by atoms with Gasteiger partial charge in [-0.2, -0.15) is 0 Å². The van der Waals surface area contributed by atoms with Crippen LogP contribution in [0.3, 0.4) is 0 Å². The maximum atomic E-state index is 12.2. The van der Waals surface area contributed by atoms with Crippen LogP contribution >= 0.6 is 0 Å². The molecule has 1 aromatic heterocycles. The van der Waals surface area contributed by atoms with E-state index < -0.39 is 0 Å². The number of hydrogen-bond acceptors (Lipinski definition) is 4. The van der Waals surface area contributed by atoms with Crippen LogP contribution in [-0.2, 0) is 0 Å². The van der Waals surface area contributed by atoms with Gasteiger partial charge in [-0.05, 0) is 24.6 Å². The van der Waals surface area contributed by atoms with E-state index in [0.717, 1.165) is 11.3 Å². The van der Waals surface area contributed by atoms with Crippen LogP contribution in [-0.4, -0.2) is 43.1 Å². The van der Waals surface area contributed by atoms with Gasteiger partial charge in [-0.25, -0.2) is 4.98 Å². The third-order valence-electron chi connectivity index (χ3n) is 3.32. The highest BCUT2D eigenvalue weighted by Gasteiger charge is 2.12. The average Bonchev–Trinajstić information content (AvgIpc) is 2.56. The van der Waals surface area contributed by atoms with E-state index >= 15 is 0 Å². The second kappa shape index (κ2) is 7.45. The summed E-state index contributed by atoms with van der Waals surface area (Å²) >= 11 is 0. The Morgan fingerprint density at radius 1 is 1.23 bits per heavy atom. The summed E-state index contributed by atoms with van der Waals surface area (Å²) in [5.74, 6) is 1.24. The molecule has 0 N–H and O–H groups in total. The lowest BCUT2D eigenvalue weighted by Gasteiger charge is -2.18. The van der Waals surface area contributed by atoms with Gasteiger partial charge >= 0.3 is 0 Å². The molecule has 116 valence electrons. The zero-order chi connectivity index (χ0) is 15.9. The fourth-order valence-corrected chi connectivity index (χ4v) is 1.96. The second-order valence-electron chi connectivity index (χ2n) is 4.93. The molecule has 0 saturated heterocycles. The van der Waals surface area contributed by atoms with Crippen molar-refractivity contribution in [2.45, 2.75) is 6.92 Å². The van der Waals surface area contributed by atoms with Crippen molar-refractivity contribution >= 4 is 5.91 Å². The number of para-hydroxylation sites is 1. The molecular formula is C17H20N2O3. The average molecular weight is 300 g/mol. The lowest BCUT2D eigenvalue weighted by atomic mass is 10.2. The van der Waals surface area contributed by atoms with Crippen molar-refractivity contribution in [1.82, 2.24) is 9.88 Å². The molecule has 0 aliphatic heterocycles. The third-order valence-corrected chi connectivity index (χ3v) is 3.32. The predicted octanol–water partition coefficient (Wildman–Crippen LogP) is 2.55. The maximum Gasteiger partial charge on any atom is 0.255 e. The highest BCUT2D eigenvalue weighted by atomic mass is 16.5. The quantitative estimate of drug-likeness (QED) is 0.822. The third kappa shape index (κ3) is 3.97. The molecule has 0 unspecified atom stereocenters. The van der Waals surface area contributed by atoms with Gasteiger partial charge in [0, 0.05) is 19.3 Å². The fraction of sp³-hybridized carbons (Fsp3) is 0.294. The number of likely N-dealkylation sites (N-methyl/N-ethyl adjacent to an activating group) is 1. The smallest absolute Gasteiger partial charge is 0.255 e. The number of carbonyl (C=O) groups is 1. The zero-order valence-electron chi connectivity index (χ0n) is 13.1. The minimum Gasteiger partial charge on any atom is -0.491 e. The second-order valence-corrected chi connectivity index (χ2v) is 4.93. The van der Waals surface area contributed by atoms with E-state index in [1.165, 1.54) is 6.20 Å². The molecule has 0 aliphatic carbocycles. The first-order chi connectivity index (χ1) is 10.6. The summed E-state index contributed by atoms with van der Waals surface area (Å²) in [6.45, 7) is 2.93. The Kier molecular flexibility index (Phi) is 5.36. The minimum absolute atomic E-state index is 0.0939. The number of carbonyl (C=O) groups excluding carboxylic acids is 1. The van der Waals surface area contributed by atoms with E-state index in [0.29, 0.717) is 24.6 Å². The first-order valence-electron chi connectivity index (χ1n) is 7.05. The summed E-state index contributed by atoms with van der Waals surface area (Å²) in [5.41, 5.74) is 1.61. The Morgan fingerprint density at radius 3 is 2.64 bits per heavy atom. The van der Waals surface area contributed by atoms with Crippen molar-refractivity contribution in [3.8, 4) is 11.6 Å². The van der Waals surface area contributed by atoms with Crippen molar-refractivity contribution in [2.24, 2.45) is 0 Å². The van der Waals surface area contributed by atoms with Crippen LogP contribution in [0.5, 0.6) is 11.6 Å². The summed E-state index contributed by atoms with van der Waals surface area (Å²) in [6.07, 6.45) is 1.51. The van der Waals surface area contributed by atoms with Crippen LogP contribution in [0, 0.1) is 6.92 Å². The first kappa shape index (κ1) is 15.8. The number of benzene rings is 1. The van der Waals surface area contributed by atoms with Gasteiger partial charge in [0.1, 0.15) is 12.4 Å². The summed E-state index contributed by atoms with van der Waals surface area (Å²) in [7, 11) is 3.28. The molecule has 1 aromatic carbocycles. The SMILES string of the molecule is COc1ccc(C(=O)N(C)CCOc2ccccc2C)cn1. The van der Waals surface area contributed by atoms with Crippen molar-refractivity contribution in [3.63, 3.8) is 0 Å². The van der Waals surface area contributed by atoms with Crippen LogP contribution in [0.15, 0.2) is 42.6 Å². The largest absolute Gasteiger partial charge is 0.491 e. The maximum absolute atomic E-state index is 12.2. The lowest BCUT2D eigenvalue weighted by Crippen LogP contribution is -2.31. The van der Waals surface area contributed by atoms with Crippen LogP contribution in [0.1, 0.15) is 15.9 Å². The van der Waals surface area contributed by atoms with Crippen molar-refractivity contribution in [2.75, 3.05) is 27.3 Å². The van der Waals surface area contributed by atoms with Crippen LogP contribution in [0.4, 0.5) is 0 Å². The Hall–Kier alpha value is -2.56.